The molecule has 2 aromatic rings. The topological polar surface area (TPSA) is 92.5 Å². The normalized spacial score (nSPS) is 30.3. The van der Waals surface area contributed by atoms with E-state index in [0.717, 1.165) is 12.8 Å². The van der Waals surface area contributed by atoms with Crippen LogP contribution in [0.5, 0.6) is 0 Å². The summed E-state index contributed by atoms with van der Waals surface area (Å²) < 4.78 is 13.0. The second-order valence-corrected chi connectivity index (χ2v) is 16.8. The molecule has 184 valence electrons. The Hall–Kier alpha value is -2.60. The van der Waals surface area contributed by atoms with Crippen LogP contribution in [0.25, 0.3) is 10.9 Å². The van der Waals surface area contributed by atoms with Crippen molar-refractivity contribution in [3.8, 4) is 6.07 Å². The SMILES string of the molecule is CC(C)(C)[Si](C)(C)OCC[C@@]12CC[C@@](C)(O1)[C@H]1C(=O)N(c3ccc(C#N)c4ncccc34)C(=O)[C@H]12. The molecule has 1 aromatic carbocycles. The van der Waals surface area contributed by atoms with Gasteiger partial charge in [-0.3, -0.25) is 14.6 Å². The van der Waals surface area contributed by atoms with Gasteiger partial charge in [0.2, 0.25) is 11.8 Å². The van der Waals surface area contributed by atoms with Crippen molar-refractivity contribution in [2.45, 2.75) is 76.3 Å². The molecule has 0 radical (unpaired) electrons. The summed E-state index contributed by atoms with van der Waals surface area (Å²) in [4.78, 5) is 33.5. The van der Waals surface area contributed by atoms with Gasteiger partial charge in [-0.05, 0) is 68.6 Å². The third-order valence-electron chi connectivity index (χ3n) is 8.91. The molecule has 35 heavy (non-hydrogen) atoms. The Labute approximate surface area is 207 Å². The maximum atomic E-state index is 14.0. The highest BCUT2D eigenvalue weighted by Crippen LogP contribution is 2.62. The number of carbonyl (C=O) groups is 2. The summed E-state index contributed by atoms with van der Waals surface area (Å²) in [6.07, 6.45) is 3.70. The number of hydrogen-bond donors (Lipinski definition) is 0. The zero-order valence-corrected chi connectivity index (χ0v) is 22.3. The molecule has 0 saturated carbocycles. The summed E-state index contributed by atoms with van der Waals surface area (Å²) in [5, 5.41) is 10.2. The molecule has 5 rings (SSSR count). The monoisotopic (exact) mass is 491 g/mol. The number of fused-ring (bicyclic) bond motifs is 6. The maximum Gasteiger partial charge on any atom is 0.240 e. The first-order valence-electron chi connectivity index (χ1n) is 12.4. The van der Waals surface area contributed by atoms with Crippen LogP contribution < -0.4 is 4.90 Å². The zero-order chi connectivity index (χ0) is 25.4. The molecule has 0 spiro atoms. The minimum absolute atomic E-state index is 0.0918. The van der Waals surface area contributed by atoms with Crippen molar-refractivity contribution in [1.82, 2.24) is 4.98 Å². The van der Waals surface area contributed by atoms with Gasteiger partial charge in [-0.2, -0.15) is 5.26 Å². The first-order valence-corrected chi connectivity index (χ1v) is 15.3. The van der Waals surface area contributed by atoms with Crippen LogP contribution in [0.2, 0.25) is 18.1 Å². The standard InChI is InChI=1S/C27H33N3O4Si/c1-25(2,3)35(5,6)33-15-13-27-12-11-26(4,34-27)20-21(27)24(32)30(23(20)31)19-10-9-17(16-28)22-18(19)8-7-14-29-22/h7-10,14,20-21H,11-13,15H2,1-6H3/t20-,21+,26-,27-/m1/s1. The fourth-order valence-electron chi connectivity index (χ4n) is 5.99. The molecule has 3 saturated heterocycles. The number of imide groups is 1. The van der Waals surface area contributed by atoms with Gasteiger partial charge in [0.1, 0.15) is 6.07 Å². The molecule has 1 aromatic heterocycles. The average molecular weight is 492 g/mol. The summed E-state index contributed by atoms with van der Waals surface area (Å²) in [5.74, 6) is -1.48. The van der Waals surface area contributed by atoms with E-state index in [4.69, 9.17) is 9.16 Å². The number of aromatic nitrogens is 1. The van der Waals surface area contributed by atoms with Crippen molar-refractivity contribution < 1.29 is 18.8 Å². The summed E-state index contributed by atoms with van der Waals surface area (Å²) >= 11 is 0. The van der Waals surface area contributed by atoms with Crippen molar-refractivity contribution in [2.75, 3.05) is 11.5 Å². The van der Waals surface area contributed by atoms with Crippen LogP contribution in [0.4, 0.5) is 5.69 Å². The van der Waals surface area contributed by atoms with Gasteiger partial charge < -0.3 is 9.16 Å². The molecule has 4 heterocycles. The quantitative estimate of drug-likeness (QED) is 0.434. The van der Waals surface area contributed by atoms with Crippen LogP contribution in [0, 0.1) is 23.2 Å². The van der Waals surface area contributed by atoms with E-state index >= 15 is 0 Å². The Morgan fingerprint density at radius 2 is 1.91 bits per heavy atom. The minimum Gasteiger partial charge on any atom is -0.417 e. The molecule has 0 aliphatic carbocycles. The molecule has 3 fully saturated rings. The lowest BCUT2D eigenvalue weighted by Gasteiger charge is -2.38. The molecule has 0 unspecified atom stereocenters. The number of pyridine rings is 1. The van der Waals surface area contributed by atoms with Crippen LogP contribution in [-0.4, -0.2) is 42.9 Å². The molecule has 2 bridgehead atoms. The number of amides is 2. The number of rotatable bonds is 5. The highest BCUT2D eigenvalue weighted by Gasteiger charge is 2.73. The Morgan fingerprint density at radius 3 is 2.60 bits per heavy atom. The summed E-state index contributed by atoms with van der Waals surface area (Å²) in [6.45, 7) is 13.6. The zero-order valence-electron chi connectivity index (χ0n) is 21.3. The average Bonchev–Trinajstić information content (AvgIpc) is 3.37. The van der Waals surface area contributed by atoms with Gasteiger partial charge in [-0.25, -0.2) is 4.90 Å². The Balaban J connectivity index is 1.49. The van der Waals surface area contributed by atoms with E-state index in [0.29, 0.717) is 35.2 Å². The van der Waals surface area contributed by atoms with Crippen molar-refractivity contribution in [2.24, 2.45) is 11.8 Å². The van der Waals surface area contributed by atoms with E-state index in [9.17, 15) is 14.9 Å². The molecule has 2 amide bonds. The molecule has 8 heteroatoms. The molecule has 4 atom stereocenters. The fourth-order valence-corrected chi connectivity index (χ4v) is 7.03. The first kappa shape index (κ1) is 24.1. The third-order valence-corrected chi connectivity index (χ3v) is 13.5. The molecular weight excluding hydrogens is 458 g/mol. The lowest BCUT2D eigenvalue weighted by atomic mass is 9.67. The molecule has 3 aliphatic rings. The third kappa shape index (κ3) is 3.40. The summed E-state index contributed by atoms with van der Waals surface area (Å²) in [6, 6.07) is 9.04. The number of hydrogen-bond acceptors (Lipinski definition) is 6. The number of anilines is 1. The smallest absolute Gasteiger partial charge is 0.240 e. The second-order valence-electron chi connectivity index (χ2n) is 11.9. The van der Waals surface area contributed by atoms with Gasteiger partial charge in [0.25, 0.3) is 0 Å². The van der Waals surface area contributed by atoms with Crippen molar-refractivity contribution in [3.05, 3.63) is 36.0 Å². The predicted octanol–water partition coefficient (Wildman–Crippen LogP) is 4.95. The van der Waals surface area contributed by atoms with Crippen LogP contribution >= 0.6 is 0 Å². The second kappa shape index (κ2) is 7.70. The van der Waals surface area contributed by atoms with Crippen LogP contribution in [0.3, 0.4) is 0 Å². The highest BCUT2D eigenvalue weighted by atomic mass is 28.4. The minimum atomic E-state index is -1.95. The number of benzene rings is 1. The number of nitrogens with zero attached hydrogens (tertiary/aromatic N) is 3. The van der Waals surface area contributed by atoms with Gasteiger partial charge in [0, 0.05) is 18.2 Å². The maximum absolute atomic E-state index is 14.0. The van der Waals surface area contributed by atoms with E-state index in [-0.39, 0.29) is 16.9 Å². The van der Waals surface area contributed by atoms with Crippen LogP contribution in [0.15, 0.2) is 30.5 Å². The summed E-state index contributed by atoms with van der Waals surface area (Å²) in [7, 11) is -1.95. The molecule has 3 aliphatic heterocycles. The number of nitriles is 1. The lowest BCUT2D eigenvalue weighted by Crippen LogP contribution is -2.45. The van der Waals surface area contributed by atoms with Gasteiger partial charge in [0.15, 0.2) is 8.32 Å². The van der Waals surface area contributed by atoms with Crippen molar-refractivity contribution in [1.29, 1.82) is 5.26 Å². The van der Waals surface area contributed by atoms with E-state index in [1.165, 1.54) is 4.90 Å². The molecule has 0 N–H and O–H groups in total. The van der Waals surface area contributed by atoms with Crippen LogP contribution in [-0.2, 0) is 18.8 Å². The van der Waals surface area contributed by atoms with E-state index in [1.807, 2.05) is 13.0 Å². The largest absolute Gasteiger partial charge is 0.417 e. The predicted molar refractivity (Wildman–Crippen MR) is 135 cm³/mol. The number of carbonyl (C=O) groups excluding carboxylic acids is 2. The van der Waals surface area contributed by atoms with E-state index in [2.05, 4.69) is 44.9 Å². The highest BCUT2D eigenvalue weighted by molar-refractivity contribution is 6.74. The summed E-state index contributed by atoms with van der Waals surface area (Å²) in [5.41, 5.74) is 0.0479. The van der Waals surface area contributed by atoms with E-state index < -0.39 is 31.4 Å². The first-order chi connectivity index (χ1) is 16.4. The van der Waals surface area contributed by atoms with Gasteiger partial charge in [-0.15, -0.1) is 0 Å². The van der Waals surface area contributed by atoms with Gasteiger partial charge >= 0.3 is 0 Å². The van der Waals surface area contributed by atoms with Crippen molar-refractivity contribution >= 4 is 36.7 Å². The Bertz CT molecular complexity index is 1280. The van der Waals surface area contributed by atoms with E-state index in [1.54, 1.807) is 24.4 Å². The molecule has 7 nitrogen and oxygen atoms in total. The van der Waals surface area contributed by atoms with Gasteiger partial charge in [-0.1, -0.05) is 20.8 Å². The van der Waals surface area contributed by atoms with Crippen molar-refractivity contribution in [3.63, 3.8) is 0 Å². The lowest BCUT2D eigenvalue weighted by molar-refractivity contribution is -0.131. The Kier molecular flexibility index (Phi) is 5.30. The molecular formula is C27H33N3O4Si. The van der Waals surface area contributed by atoms with Gasteiger partial charge in [0.05, 0.1) is 39.8 Å². The number of ether oxygens (including phenoxy) is 1. The fraction of sp³-hybridized carbons (Fsp3) is 0.556. The Morgan fingerprint density at radius 1 is 1.20 bits per heavy atom. The van der Waals surface area contributed by atoms with Crippen LogP contribution in [0.1, 0.15) is 52.5 Å².